The number of benzene rings is 2. The molecule has 0 saturated carbocycles. The van der Waals surface area contributed by atoms with Gasteiger partial charge in [-0.25, -0.2) is 0 Å². The van der Waals surface area contributed by atoms with Crippen LogP contribution in [0, 0.1) is 5.92 Å². The standard InChI is InChI=1S/C28H28FINO4PS/c1-4-5-23(18(2)3)26(32)28-27(24-11-10-22(35-36-30)14-25(24)37-28)34-21-8-6-20(7-9-21)33-13-12-31-16-19(15-29)17-31/h4-11,14,19,36H,1-2,12-13,15-17H2,3H3/b23-5+. The number of ether oxygens (including phenoxy) is 2. The molecule has 5 nitrogen and oxygen atoms in total. The molecule has 37 heavy (non-hydrogen) atoms. The molecule has 2 heterocycles. The van der Waals surface area contributed by atoms with E-state index in [9.17, 15) is 9.18 Å². The number of nitrogens with zero attached hydrogens (tertiary/aromatic N) is 1. The third-order valence-corrected chi connectivity index (χ3v) is 8.04. The molecule has 1 saturated heterocycles. The second-order valence-corrected chi connectivity index (χ2v) is 11.5. The Balaban J connectivity index is 1.55. The van der Waals surface area contributed by atoms with E-state index in [4.69, 9.17) is 14.0 Å². The summed E-state index contributed by atoms with van der Waals surface area (Å²) in [6, 6.07) is 13.1. The van der Waals surface area contributed by atoms with Crippen LogP contribution >= 0.6 is 39.8 Å². The highest BCUT2D eigenvalue weighted by Crippen LogP contribution is 2.44. The van der Waals surface area contributed by atoms with E-state index in [-0.39, 0.29) is 24.8 Å². The molecule has 0 spiro atoms. The fourth-order valence-electron chi connectivity index (χ4n) is 4.04. The largest absolute Gasteiger partial charge is 0.492 e. The number of likely N-dealkylation sites (tertiary alicyclic amines) is 1. The molecule has 0 bridgehead atoms. The van der Waals surface area contributed by atoms with Gasteiger partial charge in [0, 0.05) is 41.2 Å². The van der Waals surface area contributed by atoms with Gasteiger partial charge in [0.25, 0.3) is 0 Å². The SMILES string of the molecule is C=C/C=C(\C(=C)C)C(=O)c1sc2cc(OPI)ccc2c1Oc1ccc(OCCN2CC(CF)C2)cc1. The van der Waals surface area contributed by atoms with Gasteiger partial charge in [0.05, 0.1) is 6.67 Å². The number of thiophene rings is 1. The summed E-state index contributed by atoms with van der Waals surface area (Å²) in [4.78, 5) is 16.2. The molecule has 0 N–H and O–H groups in total. The molecule has 1 atom stereocenters. The van der Waals surface area contributed by atoms with Crippen molar-refractivity contribution in [2.45, 2.75) is 6.92 Å². The number of hydrogen-bond acceptors (Lipinski definition) is 6. The van der Waals surface area contributed by atoms with Crippen molar-refractivity contribution in [2.75, 3.05) is 32.9 Å². The first-order valence-electron chi connectivity index (χ1n) is 11.7. The number of halogens is 2. The minimum absolute atomic E-state index is 0.164. The van der Waals surface area contributed by atoms with Crippen LogP contribution in [-0.2, 0) is 0 Å². The number of rotatable bonds is 13. The number of hydrogen-bond donors (Lipinski definition) is 0. The van der Waals surface area contributed by atoms with Gasteiger partial charge in [-0.3, -0.25) is 14.1 Å². The molecule has 0 aliphatic carbocycles. The molecule has 2 aromatic carbocycles. The number of fused-ring (bicyclic) bond motifs is 1. The van der Waals surface area contributed by atoms with Crippen molar-refractivity contribution in [3.05, 3.63) is 83.8 Å². The van der Waals surface area contributed by atoms with E-state index in [1.807, 2.05) is 42.5 Å². The lowest BCUT2D eigenvalue weighted by atomic mass is 10.0. The van der Waals surface area contributed by atoms with E-state index in [1.165, 1.54) is 11.3 Å². The lowest BCUT2D eigenvalue weighted by Crippen LogP contribution is -2.49. The normalized spacial score (nSPS) is 14.6. The molecular formula is C28H28FINO4PS. The number of allylic oxidation sites excluding steroid dienone is 4. The van der Waals surface area contributed by atoms with Crippen molar-refractivity contribution >= 4 is 55.7 Å². The van der Waals surface area contributed by atoms with E-state index in [2.05, 4.69) is 40.1 Å². The number of alkyl halides is 1. The maximum atomic E-state index is 13.5. The van der Waals surface area contributed by atoms with Gasteiger partial charge in [0.15, 0.2) is 5.75 Å². The van der Waals surface area contributed by atoms with E-state index < -0.39 is 0 Å². The van der Waals surface area contributed by atoms with Crippen molar-refractivity contribution < 1.29 is 23.2 Å². The first-order valence-corrected chi connectivity index (χ1v) is 16.6. The minimum atomic E-state index is -0.252. The Morgan fingerprint density at radius 3 is 2.57 bits per heavy atom. The lowest BCUT2D eigenvalue weighted by Gasteiger charge is -2.37. The van der Waals surface area contributed by atoms with Crippen molar-refractivity contribution in [1.29, 1.82) is 0 Å². The van der Waals surface area contributed by atoms with E-state index in [1.54, 1.807) is 19.1 Å². The Labute approximate surface area is 235 Å². The molecule has 1 aliphatic rings. The van der Waals surface area contributed by atoms with Crippen LogP contribution in [0.3, 0.4) is 0 Å². The summed E-state index contributed by atoms with van der Waals surface area (Å²) >= 11 is 3.54. The second kappa shape index (κ2) is 13.0. The van der Waals surface area contributed by atoms with E-state index in [0.29, 0.717) is 34.1 Å². The number of carbonyl (C=O) groups is 1. The van der Waals surface area contributed by atoms with Crippen LogP contribution in [0.5, 0.6) is 23.0 Å². The fourth-order valence-corrected chi connectivity index (χ4v) is 6.13. The highest BCUT2D eigenvalue weighted by molar-refractivity contribution is 14.2. The van der Waals surface area contributed by atoms with Crippen molar-refractivity contribution in [2.24, 2.45) is 5.92 Å². The summed E-state index contributed by atoms with van der Waals surface area (Å²) in [5, 5.41) is 0.832. The van der Waals surface area contributed by atoms with Crippen LogP contribution in [0.15, 0.2) is 78.9 Å². The highest BCUT2D eigenvalue weighted by Gasteiger charge is 2.26. The molecular weight excluding hydrogens is 623 g/mol. The average Bonchev–Trinajstić information content (AvgIpc) is 3.22. The predicted molar refractivity (Wildman–Crippen MR) is 160 cm³/mol. The summed E-state index contributed by atoms with van der Waals surface area (Å²) in [7, 11) is 0. The average molecular weight is 651 g/mol. The summed E-state index contributed by atoms with van der Waals surface area (Å²) in [5.41, 5.74) is 1.14. The zero-order valence-electron chi connectivity index (χ0n) is 20.5. The number of carbonyl (C=O) groups excluding carboxylic acids is 1. The molecule has 1 fully saturated rings. The summed E-state index contributed by atoms with van der Waals surface area (Å²) < 4.78 is 31.3. The lowest BCUT2D eigenvalue weighted by molar-refractivity contribution is 0.0668. The summed E-state index contributed by atoms with van der Waals surface area (Å²) in [6.07, 6.45) is 3.26. The third kappa shape index (κ3) is 6.79. The quantitative estimate of drug-likeness (QED) is 0.0614. The first-order chi connectivity index (χ1) is 17.9. The van der Waals surface area contributed by atoms with Crippen molar-refractivity contribution in [3.63, 3.8) is 0 Å². The Morgan fingerprint density at radius 1 is 1.22 bits per heavy atom. The zero-order chi connectivity index (χ0) is 26.4. The maximum Gasteiger partial charge on any atom is 0.207 e. The molecule has 1 unspecified atom stereocenters. The van der Waals surface area contributed by atoms with Crippen LogP contribution < -0.4 is 14.0 Å². The topological polar surface area (TPSA) is 48.0 Å². The third-order valence-electron chi connectivity index (χ3n) is 5.94. The van der Waals surface area contributed by atoms with Gasteiger partial charge in [-0.1, -0.05) is 25.3 Å². The van der Waals surface area contributed by atoms with Gasteiger partial charge in [0.2, 0.25) is 5.78 Å². The van der Waals surface area contributed by atoms with Gasteiger partial charge < -0.3 is 14.0 Å². The smallest absolute Gasteiger partial charge is 0.207 e. The Kier molecular flexibility index (Phi) is 9.76. The highest BCUT2D eigenvalue weighted by atomic mass is 127. The van der Waals surface area contributed by atoms with Gasteiger partial charge in [-0.2, -0.15) is 0 Å². The Morgan fingerprint density at radius 2 is 1.92 bits per heavy atom. The predicted octanol–water partition coefficient (Wildman–Crippen LogP) is 8.17. The van der Waals surface area contributed by atoms with Gasteiger partial charge in [-0.15, -0.1) is 11.3 Å². The van der Waals surface area contributed by atoms with Gasteiger partial charge in [-0.05, 0) is 77.0 Å². The second-order valence-electron chi connectivity index (χ2n) is 8.72. The van der Waals surface area contributed by atoms with Gasteiger partial charge in [0.1, 0.15) is 35.2 Å². The zero-order valence-corrected chi connectivity index (χ0v) is 24.4. The monoisotopic (exact) mass is 651 g/mol. The molecule has 1 aromatic heterocycles. The van der Waals surface area contributed by atoms with Crippen LogP contribution in [0.4, 0.5) is 4.39 Å². The molecule has 194 valence electrons. The Bertz CT molecular complexity index is 1320. The van der Waals surface area contributed by atoms with Gasteiger partial charge >= 0.3 is 0 Å². The molecule has 0 radical (unpaired) electrons. The van der Waals surface area contributed by atoms with Crippen molar-refractivity contribution in [3.8, 4) is 23.0 Å². The molecule has 0 amide bonds. The van der Waals surface area contributed by atoms with Crippen LogP contribution in [0.25, 0.3) is 10.1 Å². The molecule has 3 aromatic rings. The van der Waals surface area contributed by atoms with Crippen LogP contribution in [0.2, 0.25) is 0 Å². The maximum absolute atomic E-state index is 13.5. The van der Waals surface area contributed by atoms with E-state index >= 15 is 0 Å². The molecule has 1 aliphatic heterocycles. The fraction of sp³-hybridized carbons (Fsp3) is 0.250. The Hall–Kier alpha value is -2.26. The number of ketones is 1. The summed E-state index contributed by atoms with van der Waals surface area (Å²) in [6.45, 7) is 12.4. The van der Waals surface area contributed by atoms with Crippen molar-refractivity contribution in [1.82, 2.24) is 4.90 Å². The minimum Gasteiger partial charge on any atom is -0.492 e. The summed E-state index contributed by atoms with van der Waals surface area (Å²) in [5.74, 6) is 2.57. The number of Topliss-reactive ketones (excluding diaryl/α,β-unsaturated/α-hetero) is 1. The molecule has 9 heteroatoms. The van der Waals surface area contributed by atoms with Crippen LogP contribution in [0.1, 0.15) is 16.6 Å². The first kappa shape index (κ1) is 27.8. The van der Waals surface area contributed by atoms with E-state index in [0.717, 1.165) is 41.2 Å². The molecule has 4 rings (SSSR count). The van der Waals surface area contributed by atoms with Crippen LogP contribution in [-0.4, -0.2) is 43.6 Å².